The number of rotatable bonds is 11. The minimum atomic E-state index is -2.40. The number of ether oxygens (including phenoxy) is 2. The van der Waals surface area contributed by atoms with E-state index < -0.39 is 12.8 Å². The molecule has 3 heteroatoms. The van der Waals surface area contributed by atoms with Gasteiger partial charge in [-0.05, 0) is 56.7 Å². The molecule has 3 aromatic carbocycles. The van der Waals surface area contributed by atoms with E-state index in [1.807, 2.05) is 0 Å². The van der Waals surface area contributed by atoms with Gasteiger partial charge >= 0.3 is 5.53 Å². The topological polar surface area (TPSA) is 18.5 Å². The Kier molecular flexibility index (Phi) is 8.60. The zero-order chi connectivity index (χ0) is 22.0. The molecular formula is C28H34O2P+. The lowest BCUT2D eigenvalue weighted by atomic mass is 10.3. The maximum atomic E-state index is 6.69. The molecule has 3 rings (SSSR count). The number of hydrogen-bond acceptors (Lipinski definition) is 2. The maximum absolute atomic E-state index is 6.69. The van der Waals surface area contributed by atoms with E-state index in [4.69, 9.17) is 9.47 Å². The first kappa shape index (κ1) is 23.4. The largest absolute Gasteiger partial charge is 0.318 e. The van der Waals surface area contributed by atoms with Crippen molar-refractivity contribution >= 4 is 23.2 Å². The SMILES string of the molecule is CCC/C=C/C(OCC)(OCC)[P+](c1ccccc1)(c1ccccc1)c1ccccc1. The van der Waals surface area contributed by atoms with E-state index in [1.54, 1.807) is 0 Å². The van der Waals surface area contributed by atoms with Gasteiger partial charge in [-0.2, -0.15) is 0 Å². The van der Waals surface area contributed by atoms with Gasteiger partial charge in [-0.3, -0.25) is 0 Å². The lowest BCUT2D eigenvalue weighted by molar-refractivity contribution is -0.137. The summed E-state index contributed by atoms with van der Waals surface area (Å²) in [6, 6.07) is 32.3. The summed E-state index contributed by atoms with van der Waals surface area (Å²) in [5, 5.41) is 3.74. The standard InChI is InChI=1S/C28H34O2P/c1-4-7-17-24-28(29-5-2,30-6-3)31(25-18-11-8-12-19-25,26-20-13-9-14-21-26)27-22-15-10-16-23-27/h8-24H,4-7H2,1-3H3/q+1/b24-17+. The first-order valence-corrected chi connectivity index (χ1v) is 13.1. The summed E-state index contributed by atoms with van der Waals surface area (Å²) in [4.78, 5) is 0. The van der Waals surface area contributed by atoms with E-state index in [9.17, 15) is 0 Å². The van der Waals surface area contributed by atoms with E-state index in [0.717, 1.165) is 12.8 Å². The van der Waals surface area contributed by atoms with Crippen molar-refractivity contribution in [2.24, 2.45) is 0 Å². The van der Waals surface area contributed by atoms with Crippen LogP contribution in [0.4, 0.5) is 0 Å². The lowest BCUT2D eigenvalue weighted by Crippen LogP contribution is -2.50. The van der Waals surface area contributed by atoms with Gasteiger partial charge in [0.1, 0.15) is 15.9 Å². The van der Waals surface area contributed by atoms with Crippen molar-refractivity contribution in [3.8, 4) is 0 Å². The van der Waals surface area contributed by atoms with Crippen LogP contribution in [0.25, 0.3) is 0 Å². The van der Waals surface area contributed by atoms with Crippen molar-refractivity contribution in [3.63, 3.8) is 0 Å². The van der Waals surface area contributed by atoms with Gasteiger partial charge in [-0.1, -0.05) is 74.0 Å². The fourth-order valence-electron chi connectivity index (χ4n) is 4.20. The van der Waals surface area contributed by atoms with Crippen LogP contribution in [0.2, 0.25) is 0 Å². The van der Waals surface area contributed by atoms with Gasteiger partial charge in [0.25, 0.3) is 0 Å². The maximum Gasteiger partial charge on any atom is 0.318 e. The monoisotopic (exact) mass is 433 g/mol. The molecule has 0 saturated heterocycles. The predicted octanol–water partition coefficient (Wildman–Crippen LogP) is 6.06. The third kappa shape index (κ3) is 4.67. The summed E-state index contributed by atoms with van der Waals surface area (Å²) in [5.74, 6) is 0. The van der Waals surface area contributed by atoms with Crippen LogP contribution in [0.1, 0.15) is 33.6 Å². The Balaban J connectivity index is 2.47. The zero-order valence-electron chi connectivity index (χ0n) is 18.9. The quantitative estimate of drug-likeness (QED) is 0.208. The highest BCUT2D eigenvalue weighted by Crippen LogP contribution is 2.67. The third-order valence-corrected chi connectivity index (χ3v) is 9.94. The predicted molar refractivity (Wildman–Crippen MR) is 135 cm³/mol. The van der Waals surface area contributed by atoms with Gasteiger partial charge in [0.15, 0.2) is 7.26 Å². The summed E-state index contributed by atoms with van der Waals surface area (Å²) in [5.41, 5.74) is -0.893. The molecule has 0 spiro atoms. The van der Waals surface area contributed by atoms with Gasteiger partial charge in [0.2, 0.25) is 0 Å². The molecule has 0 heterocycles. The van der Waals surface area contributed by atoms with E-state index in [2.05, 4.69) is 124 Å². The van der Waals surface area contributed by atoms with E-state index in [0.29, 0.717) is 13.2 Å². The zero-order valence-corrected chi connectivity index (χ0v) is 19.8. The van der Waals surface area contributed by atoms with E-state index >= 15 is 0 Å². The lowest BCUT2D eigenvalue weighted by Gasteiger charge is -2.41. The Morgan fingerprint density at radius 3 is 1.35 bits per heavy atom. The average Bonchev–Trinajstić information content (AvgIpc) is 2.82. The van der Waals surface area contributed by atoms with Crippen LogP contribution in [-0.4, -0.2) is 18.7 Å². The smallest absolute Gasteiger partial charge is 0.315 e. The molecule has 162 valence electrons. The van der Waals surface area contributed by atoms with Gasteiger partial charge < -0.3 is 9.47 Å². The molecule has 0 radical (unpaired) electrons. The molecule has 0 saturated carbocycles. The molecule has 0 unspecified atom stereocenters. The number of allylic oxidation sites excluding steroid dienone is 1. The fraction of sp³-hybridized carbons (Fsp3) is 0.286. The molecule has 0 fully saturated rings. The summed E-state index contributed by atoms with van der Waals surface area (Å²) in [6.07, 6.45) is 6.50. The van der Waals surface area contributed by atoms with Crippen LogP contribution in [0, 0.1) is 0 Å². The molecule has 2 nitrogen and oxygen atoms in total. The van der Waals surface area contributed by atoms with Crippen molar-refractivity contribution in [3.05, 3.63) is 103 Å². The first-order valence-electron chi connectivity index (χ1n) is 11.3. The number of benzene rings is 3. The van der Waals surface area contributed by atoms with Gasteiger partial charge in [0, 0.05) is 6.08 Å². The Morgan fingerprint density at radius 2 is 1.03 bits per heavy atom. The minimum Gasteiger partial charge on any atom is -0.315 e. The molecular weight excluding hydrogens is 399 g/mol. The molecule has 3 aromatic rings. The highest BCUT2D eigenvalue weighted by atomic mass is 31.2. The molecule has 0 bridgehead atoms. The molecule has 0 N–H and O–H groups in total. The second-order valence-electron chi connectivity index (χ2n) is 7.37. The number of hydrogen-bond donors (Lipinski definition) is 0. The fourth-order valence-corrected chi connectivity index (χ4v) is 9.00. The van der Waals surface area contributed by atoms with Crippen molar-refractivity contribution in [2.75, 3.05) is 13.2 Å². The second kappa shape index (κ2) is 11.4. The van der Waals surface area contributed by atoms with Crippen LogP contribution in [-0.2, 0) is 9.47 Å². The Labute approximate surface area is 188 Å². The van der Waals surface area contributed by atoms with Crippen LogP contribution in [0.5, 0.6) is 0 Å². The van der Waals surface area contributed by atoms with Crippen molar-refractivity contribution in [2.45, 2.75) is 39.1 Å². The van der Waals surface area contributed by atoms with Crippen LogP contribution in [0.3, 0.4) is 0 Å². The average molecular weight is 434 g/mol. The third-order valence-electron chi connectivity index (χ3n) is 5.38. The first-order chi connectivity index (χ1) is 15.2. The molecule has 31 heavy (non-hydrogen) atoms. The molecule has 0 aromatic heterocycles. The molecule has 0 aliphatic rings. The Morgan fingerprint density at radius 1 is 0.645 bits per heavy atom. The highest BCUT2D eigenvalue weighted by Gasteiger charge is 2.64. The van der Waals surface area contributed by atoms with Crippen molar-refractivity contribution < 1.29 is 9.47 Å². The van der Waals surface area contributed by atoms with Gasteiger partial charge in [-0.25, -0.2) is 0 Å². The van der Waals surface area contributed by atoms with E-state index in [1.165, 1.54) is 15.9 Å². The summed E-state index contributed by atoms with van der Waals surface area (Å²) < 4.78 is 13.4. The van der Waals surface area contributed by atoms with Crippen LogP contribution in [0.15, 0.2) is 103 Å². The summed E-state index contributed by atoms with van der Waals surface area (Å²) >= 11 is 0. The van der Waals surface area contributed by atoms with Crippen molar-refractivity contribution in [1.82, 2.24) is 0 Å². The molecule has 0 amide bonds. The minimum absolute atomic E-state index is 0.560. The Bertz CT molecular complexity index is 820. The van der Waals surface area contributed by atoms with E-state index in [-0.39, 0.29) is 0 Å². The molecule has 0 atom stereocenters. The van der Waals surface area contributed by atoms with Crippen LogP contribution >= 0.6 is 7.26 Å². The Hall–Kier alpha value is -2.25. The van der Waals surface area contributed by atoms with Gasteiger partial charge in [-0.15, -0.1) is 0 Å². The summed E-state index contributed by atoms with van der Waals surface area (Å²) in [7, 11) is -2.40. The highest BCUT2D eigenvalue weighted by molar-refractivity contribution is 7.96. The normalized spacial score (nSPS) is 12.4. The van der Waals surface area contributed by atoms with Crippen LogP contribution < -0.4 is 15.9 Å². The molecule has 0 aliphatic heterocycles. The van der Waals surface area contributed by atoms with Gasteiger partial charge in [0.05, 0.1) is 13.2 Å². The van der Waals surface area contributed by atoms with Crippen molar-refractivity contribution in [1.29, 1.82) is 0 Å². The second-order valence-corrected chi connectivity index (χ2v) is 10.9. The molecule has 0 aliphatic carbocycles. The number of unbranched alkanes of at least 4 members (excludes halogenated alkanes) is 1. The summed E-state index contributed by atoms with van der Waals surface area (Å²) in [6.45, 7) is 7.42.